The Balaban J connectivity index is 2.12. The summed E-state index contributed by atoms with van der Waals surface area (Å²) in [6, 6.07) is 3.76. The van der Waals surface area contributed by atoms with E-state index >= 15 is 0 Å². The lowest BCUT2D eigenvalue weighted by Gasteiger charge is -2.19. The van der Waals surface area contributed by atoms with Gasteiger partial charge < -0.3 is 10.6 Å². The number of amides is 1. The van der Waals surface area contributed by atoms with Crippen LogP contribution in [0.25, 0.3) is 0 Å². The maximum atomic E-state index is 12.2. The smallest absolute Gasteiger partial charge is 0.285 e. The molecule has 94 valence electrons. The van der Waals surface area contributed by atoms with E-state index in [1.807, 2.05) is 19.1 Å². The molecule has 0 spiro atoms. The second kappa shape index (κ2) is 5.54. The molecule has 1 amide bonds. The zero-order chi connectivity index (χ0) is 13.0. The van der Waals surface area contributed by atoms with E-state index in [0.29, 0.717) is 23.2 Å². The quantitative estimate of drug-likeness (QED) is 0.895. The minimum atomic E-state index is -0.150. The lowest BCUT2D eigenvalue weighted by atomic mass is 10.2. The Bertz CT molecular complexity index is 527. The van der Waals surface area contributed by atoms with Crippen molar-refractivity contribution in [2.45, 2.75) is 13.5 Å². The molecule has 7 heteroatoms. The Labute approximate surface area is 108 Å². The molecule has 0 fully saturated rings. The van der Waals surface area contributed by atoms with Crippen LogP contribution in [0.4, 0.5) is 5.13 Å². The van der Waals surface area contributed by atoms with Crippen molar-refractivity contribution in [1.82, 2.24) is 20.1 Å². The maximum absolute atomic E-state index is 12.2. The minimum absolute atomic E-state index is 0.150. The molecule has 0 aliphatic rings. The highest BCUT2D eigenvalue weighted by atomic mass is 32.1. The zero-order valence-corrected chi connectivity index (χ0v) is 10.7. The van der Waals surface area contributed by atoms with Gasteiger partial charge in [-0.05, 0) is 24.6 Å². The number of carbonyl (C=O) groups is 1. The van der Waals surface area contributed by atoms with Crippen LogP contribution in [0.15, 0.2) is 24.5 Å². The van der Waals surface area contributed by atoms with Crippen molar-refractivity contribution in [3.63, 3.8) is 0 Å². The molecule has 18 heavy (non-hydrogen) atoms. The Hall–Kier alpha value is -2.02. The molecule has 6 nitrogen and oxygen atoms in total. The number of nitrogen functional groups attached to an aromatic ring is 1. The summed E-state index contributed by atoms with van der Waals surface area (Å²) >= 11 is 1.10. The van der Waals surface area contributed by atoms with E-state index in [-0.39, 0.29) is 5.91 Å². The Kier molecular flexibility index (Phi) is 3.83. The van der Waals surface area contributed by atoms with Crippen molar-refractivity contribution in [1.29, 1.82) is 0 Å². The van der Waals surface area contributed by atoms with Crippen LogP contribution < -0.4 is 5.73 Å². The van der Waals surface area contributed by atoms with Gasteiger partial charge in [0.2, 0.25) is 10.1 Å². The first-order chi connectivity index (χ1) is 8.70. The molecule has 0 aliphatic heterocycles. The van der Waals surface area contributed by atoms with Crippen molar-refractivity contribution in [2.24, 2.45) is 0 Å². The van der Waals surface area contributed by atoms with Crippen LogP contribution in [-0.2, 0) is 6.54 Å². The van der Waals surface area contributed by atoms with Gasteiger partial charge in [-0.3, -0.25) is 9.78 Å². The van der Waals surface area contributed by atoms with Crippen molar-refractivity contribution < 1.29 is 4.79 Å². The van der Waals surface area contributed by atoms with Crippen molar-refractivity contribution >= 4 is 22.4 Å². The molecular formula is C11H13N5OS. The molecular weight excluding hydrogens is 250 g/mol. The van der Waals surface area contributed by atoms with Gasteiger partial charge in [-0.25, -0.2) is 0 Å². The van der Waals surface area contributed by atoms with E-state index in [2.05, 4.69) is 15.2 Å². The third-order valence-electron chi connectivity index (χ3n) is 2.42. The van der Waals surface area contributed by atoms with E-state index in [1.165, 1.54) is 0 Å². The Morgan fingerprint density at radius 2 is 2.11 bits per heavy atom. The minimum Gasteiger partial charge on any atom is -0.374 e. The van der Waals surface area contributed by atoms with Gasteiger partial charge in [0.1, 0.15) is 0 Å². The molecule has 0 radical (unpaired) electrons. The topological polar surface area (TPSA) is 85.0 Å². The summed E-state index contributed by atoms with van der Waals surface area (Å²) in [7, 11) is 0. The number of pyridine rings is 1. The predicted octanol–water partition coefficient (Wildman–Crippen LogP) is 1.18. The second-order valence-corrected chi connectivity index (χ2v) is 4.63. The van der Waals surface area contributed by atoms with Gasteiger partial charge in [0.05, 0.1) is 0 Å². The van der Waals surface area contributed by atoms with Gasteiger partial charge in [0.25, 0.3) is 5.91 Å². The SMILES string of the molecule is CCN(Cc1ccncc1)C(=O)c1nnc(N)s1. The van der Waals surface area contributed by atoms with Crippen molar-refractivity contribution in [3.8, 4) is 0 Å². The average Bonchev–Trinajstić information content (AvgIpc) is 2.83. The molecule has 2 heterocycles. The van der Waals surface area contributed by atoms with Gasteiger partial charge in [-0.1, -0.05) is 11.3 Å². The van der Waals surface area contributed by atoms with Gasteiger partial charge in [-0.15, -0.1) is 10.2 Å². The maximum Gasteiger partial charge on any atom is 0.285 e. The fourth-order valence-corrected chi connectivity index (χ4v) is 2.07. The molecule has 2 N–H and O–H groups in total. The molecule has 0 saturated carbocycles. The number of rotatable bonds is 4. The van der Waals surface area contributed by atoms with E-state index in [4.69, 9.17) is 5.73 Å². The van der Waals surface area contributed by atoms with E-state index in [1.54, 1.807) is 17.3 Å². The number of hydrogen-bond donors (Lipinski definition) is 1. The molecule has 0 bridgehead atoms. The molecule has 2 aromatic heterocycles. The standard InChI is InChI=1S/C11H13N5OS/c1-2-16(7-8-3-5-13-6-4-8)10(17)9-14-15-11(12)18-9/h3-6H,2,7H2,1H3,(H2,12,15). The number of nitrogens with zero attached hydrogens (tertiary/aromatic N) is 4. The molecule has 2 aromatic rings. The summed E-state index contributed by atoms with van der Waals surface area (Å²) in [5.74, 6) is -0.150. The first kappa shape index (κ1) is 12.4. The summed E-state index contributed by atoms with van der Waals surface area (Å²) in [6.45, 7) is 3.04. The summed E-state index contributed by atoms with van der Waals surface area (Å²) in [5, 5.41) is 8.04. The van der Waals surface area contributed by atoms with E-state index in [9.17, 15) is 4.79 Å². The summed E-state index contributed by atoms with van der Waals surface area (Å²) < 4.78 is 0. The van der Waals surface area contributed by atoms with Gasteiger partial charge in [0.15, 0.2) is 0 Å². The fraction of sp³-hybridized carbons (Fsp3) is 0.273. The number of nitrogens with two attached hydrogens (primary N) is 1. The number of anilines is 1. The molecule has 2 rings (SSSR count). The summed E-state index contributed by atoms with van der Waals surface area (Å²) in [4.78, 5) is 17.8. The number of carbonyl (C=O) groups excluding carboxylic acids is 1. The van der Waals surface area contributed by atoms with Crippen LogP contribution in [0.3, 0.4) is 0 Å². The van der Waals surface area contributed by atoms with Crippen LogP contribution in [0.2, 0.25) is 0 Å². The molecule has 0 saturated heterocycles. The van der Waals surface area contributed by atoms with Crippen LogP contribution >= 0.6 is 11.3 Å². The lowest BCUT2D eigenvalue weighted by molar-refractivity contribution is 0.0751. The van der Waals surface area contributed by atoms with Gasteiger partial charge in [-0.2, -0.15) is 0 Å². The van der Waals surface area contributed by atoms with Gasteiger partial charge in [0, 0.05) is 25.5 Å². The number of hydrogen-bond acceptors (Lipinski definition) is 6. The predicted molar refractivity (Wildman–Crippen MR) is 69.0 cm³/mol. The third kappa shape index (κ3) is 2.80. The van der Waals surface area contributed by atoms with Crippen LogP contribution in [0, 0.1) is 0 Å². The molecule has 0 atom stereocenters. The highest BCUT2D eigenvalue weighted by Gasteiger charge is 2.18. The largest absolute Gasteiger partial charge is 0.374 e. The molecule has 0 aliphatic carbocycles. The zero-order valence-electron chi connectivity index (χ0n) is 9.91. The van der Waals surface area contributed by atoms with E-state index < -0.39 is 0 Å². The molecule has 0 aromatic carbocycles. The monoisotopic (exact) mass is 263 g/mol. The third-order valence-corrected chi connectivity index (χ3v) is 3.16. The average molecular weight is 263 g/mol. The van der Waals surface area contributed by atoms with Gasteiger partial charge >= 0.3 is 0 Å². The van der Waals surface area contributed by atoms with Crippen LogP contribution in [0.5, 0.6) is 0 Å². The highest BCUT2D eigenvalue weighted by Crippen LogP contribution is 2.15. The summed E-state index contributed by atoms with van der Waals surface area (Å²) in [6.07, 6.45) is 3.41. The summed E-state index contributed by atoms with van der Waals surface area (Å²) in [5.41, 5.74) is 6.50. The Morgan fingerprint density at radius 3 is 2.67 bits per heavy atom. The van der Waals surface area contributed by atoms with Crippen molar-refractivity contribution in [3.05, 3.63) is 35.1 Å². The highest BCUT2D eigenvalue weighted by molar-refractivity contribution is 7.16. The first-order valence-corrected chi connectivity index (χ1v) is 6.29. The Morgan fingerprint density at radius 1 is 1.39 bits per heavy atom. The molecule has 0 unspecified atom stereocenters. The lowest BCUT2D eigenvalue weighted by Crippen LogP contribution is -2.30. The van der Waals surface area contributed by atoms with E-state index in [0.717, 1.165) is 16.9 Å². The second-order valence-electron chi connectivity index (χ2n) is 3.62. The van der Waals surface area contributed by atoms with Crippen LogP contribution in [-0.4, -0.2) is 32.5 Å². The number of aromatic nitrogens is 3. The fourth-order valence-electron chi connectivity index (χ4n) is 1.49. The van der Waals surface area contributed by atoms with Crippen molar-refractivity contribution in [2.75, 3.05) is 12.3 Å². The normalized spacial score (nSPS) is 10.3. The van der Waals surface area contributed by atoms with Crippen LogP contribution in [0.1, 0.15) is 22.3 Å². The first-order valence-electron chi connectivity index (χ1n) is 5.48.